The van der Waals surface area contributed by atoms with Crippen LogP contribution in [0.15, 0.2) is 65.6 Å². The minimum Gasteiger partial charge on any atom is -0.489 e. The Bertz CT molecular complexity index is 1050. The van der Waals surface area contributed by atoms with Gasteiger partial charge in [0.25, 0.3) is 10.0 Å². The third kappa shape index (κ3) is 4.37. The summed E-state index contributed by atoms with van der Waals surface area (Å²) in [4.78, 5) is 0.356. The molecule has 28 heavy (non-hydrogen) atoms. The molecule has 4 nitrogen and oxygen atoms in total. The minimum atomic E-state index is -3.68. The predicted octanol–water partition coefficient (Wildman–Crippen LogP) is 5.30. The van der Waals surface area contributed by atoms with Crippen molar-refractivity contribution in [2.45, 2.75) is 39.2 Å². The Morgan fingerprint density at radius 1 is 0.821 bits per heavy atom. The summed E-state index contributed by atoms with van der Waals surface area (Å²) >= 11 is 0. The van der Waals surface area contributed by atoms with Gasteiger partial charge in [-0.2, -0.15) is 0 Å². The maximum Gasteiger partial charge on any atom is 0.262 e. The van der Waals surface area contributed by atoms with E-state index >= 15 is 0 Å². The van der Waals surface area contributed by atoms with Crippen LogP contribution in [0.1, 0.15) is 27.8 Å². The summed E-state index contributed by atoms with van der Waals surface area (Å²) in [7, 11) is -3.68. The van der Waals surface area contributed by atoms with E-state index < -0.39 is 10.0 Å². The van der Waals surface area contributed by atoms with Crippen LogP contribution in [0, 0.1) is 27.7 Å². The Morgan fingerprint density at radius 3 is 1.96 bits per heavy atom. The molecule has 0 aliphatic rings. The molecule has 0 aliphatic heterocycles. The lowest BCUT2D eigenvalue weighted by atomic mass is 10.0. The minimum absolute atomic E-state index is 0.356. The first-order valence-corrected chi connectivity index (χ1v) is 10.6. The lowest BCUT2D eigenvalue weighted by Gasteiger charge is -2.17. The predicted molar refractivity (Wildman–Crippen MR) is 113 cm³/mol. The van der Waals surface area contributed by atoms with Crippen LogP contribution in [0.2, 0.25) is 0 Å². The number of nitrogens with one attached hydrogen (secondary N) is 1. The fourth-order valence-corrected chi connectivity index (χ4v) is 4.83. The van der Waals surface area contributed by atoms with Crippen molar-refractivity contribution in [3.8, 4) is 5.75 Å². The lowest BCUT2D eigenvalue weighted by Crippen LogP contribution is -2.17. The van der Waals surface area contributed by atoms with Crippen LogP contribution < -0.4 is 9.46 Å². The molecular formula is C23H25NO3S. The Balaban J connectivity index is 1.77. The van der Waals surface area contributed by atoms with E-state index in [2.05, 4.69) is 4.72 Å². The molecule has 0 atom stereocenters. The van der Waals surface area contributed by atoms with Crippen molar-refractivity contribution in [1.82, 2.24) is 0 Å². The van der Waals surface area contributed by atoms with Gasteiger partial charge in [-0.1, -0.05) is 36.4 Å². The van der Waals surface area contributed by atoms with Crippen molar-refractivity contribution < 1.29 is 13.2 Å². The maximum absolute atomic E-state index is 13.0. The molecule has 0 saturated heterocycles. The molecule has 0 spiro atoms. The first kappa shape index (κ1) is 20.0. The van der Waals surface area contributed by atoms with E-state index in [1.165, 1.54) is 0 Å². The van der Waals surface area contributed by atoms with Crippen LogP contribution in [0.3, 0.4) is 0 Å². The first-order valence-electron chi connectivity index (χ1n) is 9.15. The van der Waals surface area contributed by atoms with Gasteiger partial charge in [-0.15, -0.1) is 0 Å². The monoisotopic (exact) mass is 395 g/mol. The summed E-state index contributed by atoms with van der Waals surface area (Å²) in [5.41, 5.74) is 5.07. The van der Waals surface area contributed by atoms with E-state index in [1.54, 1.807) is 24.3 Å². The highest BCUT2D eigenvalue weighted by Gasteiger charge is 2.22. The van der Waals surface area contributed by atoms with Gasteiger partial charge in [0, 0.05) is 5.69 Å². The molecular weight excluding hydrogens is 370 g/mol. The average molecular weight is 396 g/mol. The van der Waals surface area contributed by atoms with E-state index in [0.717, 1.165) is 27.8 Å². The van der Waals surface area contributed by atoms with Gasteiger partial charge in [0.05, 0.1) is 4.90 Å². The molecule has 0 saturated carbocycles. The molecule has 0 unspecified atom stereocenters. The van der Waals surface area contributed by atoms with Crippen LogP contribution in [0.4, 0.5) is 5.69 Å². The average Bonchev–Trinajstić information content (AvgIpc) is 2.66. The van der Waals surface area contributed by atoms with Crippen LogP contribution in [-0.2, 0) is 16.6 Å². The van der Waals surface area contributed by atoms with Crippen molar-refractivity contribution in [2.24, 2.45) is 0 Å². The number of hydrogen-bond donors (Lipinski definition) is 1. The molecule has 0 amide bonds. The zero-order valence-electron chi connectivity index (χ0n) is 16.6. The Morgan fingerprint density at radius 2 is 1.39 bits per heavy atom. The summed E-state index contributed by atoms with van der Waals surface area (Å²) in [6, 6.07) is 18.9. The Labute approximate surface area is 167 Å². The summed E-state index contributed by atoms with van der Waals surface area (Å²) < 4.78 is 34.4. The highest BCUT2D eigenvalue weighted by molar-refractivity contribution is 7.92. The van der Waals surface area contributed by atoms with E-state index in [0.29, 0.717) is 22.9 Å². The van der Waals surface area contributed by atoms with Crippen LogP contribution in [0.25, 0.3) is 0 Å². The molecule has 0 heterocycles. The Kier molecular flexibility index (Phi) is 5.75. The molecule has 146 valence electrons. The van der Waals surface area contributed by atoms with E-state index in [9.17, 15) is 8.42 Å². The largest absolute Gasteiger partial charge is 0.489 e. The van der Waals surface area contributed by atoms with Gasteiger partial charge in [-0.05, 0) is 79.8 Å². The van der Waals surface area contributed by atoms with Crippen molar-refractivity contribution in [3.63, 3.8) is 0 Å². The zero-order valence-corrected chi connectivity index (χ0v) is 17.4. The second-order valence-electron chi connectivity index (χ2n) is 6.99. The van der Waals surface area contributed by atoms with E-state index in [1.807, 2.05) is 64.1 Å². The summed E-state index contributed by atoms with van der Waals surface area (Å²) in [5.74, 6) is 0.686. The van der Waals surface area contributed by atoms with Gasteiger partial charge >= 0.3 is 0 Å². The zero-order chi connectivity index (χ0) is 20.3. The van der Waals surface area contributed by atoms with Crippen LogP contribution in [-0.4, -0.2) is 8.42 Å². The van der Waals surface area contributed by atoms with E-state index in [-0.39, 0.29) is 0 Å². The number of hydrogen-bond acceptors (Lipinski definition) is 3. The smallest absolute Gasteiger partial charge is 0.262 e. The standard InChI is InChI=1S/C23H25NO3S/c1-16-14-17(2)19(4)23(18(16)3)28(25,26)24-21-10-12-22(13-11-21)27-15-20-8-6-5-7-9-20/h5-14,24H,15H2,1-4H3. The highest BCUT2D eigenvalue weighted by atomic mass is 32.2. The van der Waals surface area contributed by atoms with Crippen molar-refractivity contribution in [3.05, 3.63) is 88.5 Å². The fourth-order valence-electron chi connectivity index (χ4n) is 3.15. The normalized spacial score (nSPS) is 11.3. The van der Waals surface area contributed by atoms with Crippen molar-refractivity contribution in [1.29, 1.82) is 0 Å². The van der Waals surface area contributed by atoms with E-state index in [4.69, 9.17) is 4.74 Å². The molecule has 3 aromatic rings. The van der Waals surface area contributed by atoms with Gasteiger partial charge in [0.2, 0.25) is 0 Å². The third-order valence-electron chi connectivity index (χ3n) is 4.92. The lowest BCUT2D eigenvalue weighted by molar-refractivity contribution is 0.306. The van der Waals surface area contributed by atoms with Crippen LogP contribution >= 0.6 is 0 Å². The molecule has 0 radical (unpaired) electrons. The molecule has 0 aromatic heterocycles. The summed E-state index contributed by atoms with van der Waals surface area (Å²) in [5, 5.41) is 0. The summed E-state index contributed by atoms with van der Waals surface area (Å²) in [6.07, 6.45) is 0. The third-order valence-corrected chi connectivity index (χ3v) is 6.58. The first-order chi connectivity index (χ1) is 13.3. The number of ether oxygens (including phenoxy) is 1. The second-order valence-corrected chi connectivity index (χ2v) is 8.61. The molecule has 1 N–H and O–H groups in total. The van der Waals surface area contributed by atoms with Crippen LogP contribution in [0.5, 0.6) is 5.75 Å². The van der Waals surface area contributed by atoms with Crippen molar-refractivity contribution in [2.75, 3.05) is 4.72 Å². The second kappa shape index (κ2) is 8.07. The van der Waals surface area contributed by atoms with Gasteiger partial charge in [0.1, 0.15) is 12.4 Å². The molecule has 0 fully saturated rings. The van der Waals surface area contributed by atoms with Crippen molar-refractivity contribution >= 4 is 15.7 Å². The molecule has 0 bridgehead atoms. The fraction of sp³-hybridized carbons (Fsp3) is 0.217. The number of benzene rings is 3. The Hall–Kier alpha value is -2.79. The van der Waals surface area contributed by atoms with Gasteiger partial charge in [0.15, 0.2) is 0 Å². The molecule has 0 aliphatic carbocycles. The SMILES string of the molecule is Cc1cc(C)c(C)c(S(=O)(=O)Nc2ccc(OCc3ccccc3)cc2)c1C. The summed E-state index contributed by atoms with van der Waals surface area (Å²) in [6.45, 7) is 8.01. The quantitative estimate of drug-likeness (QED) is 0.616. The number of sulfonamides is 1. The van der Waals surface area contributed by atoms with Gasteiger partial charge in [-0.3, -0.25) is 4.72 Å². The molecule has 5 heteroatoms. The van der Waals surface area contributed by atoms with Gasteiger partial charge < -0.3 is 4.74 Å². The molecule has 3 rings (SSSR count). The maximum atomic E-state index is 13.0. The highest BCUT2D eigenvalue weighted by Crippen LogP contribution is 2.28. The molecule has 3 aromatic carbocycles. The number of rotatable bonds is 6. The topological polar surface area (TPSA) is 55.4 Å². The van der Waals surface area contributed by atoms with Gasteiger partial charge in [-0.25, -0.2) is 8.42 Å². The number of anilines is 1. The number of aryl methyl sites for hydroxylation is 2.